The molecule has 0 bridgehead atoms. The molecule has 2 atom stereocenters. The predicted molar refractivity (Wildman–Crippen MR) is 138 cm³/mol. The molecule has 1 aliphatic carbocycles. The van der Waals surface area contributed by atoms with E-state index in [2.05, 4.69) is 28.1 Å². The van der Waals surface area contributed by atoms with E-state index in [1.165, 1.54) is 31.2 Å². The Bertz CT molecular complexity index is 1110. The van der Waals surface area contributed by atoms with Crippen LogP contribution in [-0.4, -0.2) is 27.0 Å². The zero-order chi connectivity index (χ0) is 22.7. The van der Waals surface area contributed by atoms with Crippen molar-refractivity contribution in [3.8, 4) is 0 Å². The molecule has 0 spiro atoms. The standard InChI is InChI=1S/C25H30ClN5O.ClH/c1-31-23-11-8-18(21(13-19(26)15-32)16-4-2-3-5-16)12-22(23)30-24(31)14-29-20-9-6-17(7-10-20)25(27)28;/h6-12,15-16,19,21,29H,2-5,13-14H2,1H3,(H3,27,28);1H. The van der Waals surface area contributed by atoms with Gasteiger partial charge in [0.05, 0.1) is 23.0 Å². The lowest BCUT2D eigenvalue weighted by molar-refractivity contribution is -0.107. The van der Waals surface area contributed by atoms with Gasteiger partial charge in [-0.25, -0.2) is 4.98 Å². The average Bonchev–Trinajstić information content (AvgIpc) is 3.44. The van der Waals surface area contributed by atoms with E-state index in [1.807, 2.05) is 31.3 Å². The molecule has 4 N–H and O–H groups in total. The smallest absolute Gasteiger partial charge is 0.137 e. The first-order valence-corrected chi connectivity index (χ1v) is 11.6. The number of amidine groups is 1. The number of nitrogens with two attached hydrogens (primary N) is 1. The number of nitrogens with one attached hydrogen (secondary N) is 2. The van der Waals surface area contributed by atoms with Crippen molar-refractivity contribution in [2.45, 2.75) is 49.9 Å². The minimum Gasteiger partial charge on any atom is -0.384 e. The molecule has 2 unspecified atom stereocenters. The summed E-state index contributed by atoms with van der Waals surface area (Å²) in [5, 5.41) is 10.4. The van der Waals surface area contributed by atoms with Crippen molar-refractivity contribution in [2.75, 3.05) is 5.32 Å². The summed E-state index contributed by atoms with van der Waals surface area (Å²) in [6, 6.07) is 14.0. The van der Waals surface area contributed by atoms with Gasteiger partial charge in [-0.05, 0) is 73.1 Å². The van der Waals surface area contributed by atoms with E-state index < -0.39 is 5.38 Å². The lowest BCUT2D eigenvalue weighted by Gasteiger charge is -2.24. The highest BCUT2D eigenvalue weighted by molar-refractivity contribution is 6.27. The molecule has 33 heavy (non-hydrogen) atoms. The second kappa shape index (κ2) is 11.0. The lowest BCUT2D eigenvalue weighted by Crippen LogP contribution is -2.16. The molecule has 1 fully saturated rings. The highest BCUT2D eigenvalue weighted by Crippen LogP contribution is 2.41. The number of carbonyl (C=O) groups is 1. The van der Waals surface area contributed by atoms with E-state index in [-0.39, 0.29) is 24.2 Å². The number of aryl methyl sites for hydroxylation is 1. The first-order chi connectivity index (χ1) is 15.5. The Balaban J connectivity index is 0.00000306. The van der Waals surface area contributed by atoms with Gasteiger partial charge < -0.3 is 20.4 Å². The van der Waals surface area contributed by atoms with Crippen LogP contribution in [0, 0.1) is 11.3 Å². The highest BCUT2D eigenvalue weighted by atomic mass is 35.5. The number of rotatable bonds is 9. The zero-order valence-corrected chi connectivity index (χ0v) is 20.3. The van der Waals surface area contributed by atoms with Crippen LogP contribution in [0.1, 0.15) is 55.0 Å². The van der Waals surface area contributed by atoms with Crippen molar-refractivity contribution >= 4 is 52.9 Å². The third-order valence-electron chi connectivity index (χ3n) is 6.67. The fourth-order valence-electron chi connectivity index (χ4n) is 4.86. The summed E-state index contributed by atoms with van der Waals surface area (Å²) in [6.07, 6.45) is 6.44. The van der Waals surface area contributed by atoms with E-state index in [9.17, 15) is 4.79 Å². The summed E-state index contributed by atoms with van der Waals surface area (Å²) in [7, 11) is 2.03. The van der Waals surface area contributed by atoms with Crippen LogP contribution in [0.5, 0.6) is 0 Å². The molecule has 0 amide bonds. The van der Waals surface area contributed by atoms with Crippen molar-refractivity contribution in [3.63, 3.8) is 0 Å². The quantitative estimate of drug-likeness (QED) is 0.163. The molecule has 176 valence electrons. The number of imidazole rings is 1. The SMILES string of the molecule is Cl.Cn1c(CNc2ccc(C(=N)N)cc2)nc2cc(C(CC(Cl)C=O)C3CCCC3)ccc21. The molecule has 4 rings (SSSR count). The first kappa shape index (κ1) is 25.1. The maximum absolute atomic E-state index is 11.2. The summed E-state index contributed by atoms with van der Waals surface area (Å²) < 4.78 is 2.11. The largest absolute Gasteiger partial charge is 0.384 e. The molecular formula is C25H31Cl2N5O. The molecule has 0 radical (unpaired) electrons. The first-order valence-electron chi connectivity index (χ1n) is 11.2. The van der Waals surface area contributed by atoms with Gasteiger partial charge in [0.1, 0.15) is 17.9 Å². The number of nitrogens with zero attached hydrogens (tertiary/aromatic N) is 2. The van der Waals surface area contributed by atoms with Gasteiger partial charge in [0.25, 0.3) is 0 Å². The number of fused-ring (bicyclic) bond motifs is 1. The average molecular weight is 488 g/mol. The highest BCUT2D eigenvalue weighted by Gasteiger charge is 2.28. The van der Waals surface area contributed by atoms with Crippen molar-refractivity contribution in [2.24, 2.45) is 18.7 Å². The fraction of sp³-hybridized carbons (Fsp3) is 0.400. The molecule has 1 aromatic heterocycles. The van der Waals surface area contributed by atoms with Crippen LogP contribution in [0.4, 0.5) is 5.69 Å². The number of nitrogen functional groups attached to an aromatic ring is 1. The minimum atomic E-state index is -0.450. The third-order valence-corrected chi connectivity index (χ3v) is 6.95. The number of aldehydes is 1. The third kappa shape index (κ3) is 5.68. The van der Waals surface area contributed by atoms with Crippen LogP contribution in [-0.2, 0) is 18.4 Å². The Hall–Kier alpha value is -2.57. The zero-order valence-electron chi connectivity index (χ0n) is 18.8. The predicted octanol–water partition coefficient (Wildman–Crippen LogP) is 5.36. The van der Waals surface area contributed by atoms with Gasteiger partial charge in [0.15, 0.2) is 0 Å². The van der Waals surface area contributed by atoms with Gasteiger partial charge in [0, 0.05) is 18.3 Å². The number of benzene rings is 2. The number of hydrogen-bond acceptors (Lipinski definition) is 4. The van der Waals surface area contributed by atoms with E-state index in [1.54, 1.807) is 0 Å². The van der Waals surface area contributed by atoms with Crippen LogP contribution >= 0.6 is 24.0 Å². The molecule has 8 heteroatoms. The van der Waals surface area contributed by atoms with Gasteiger partial charge in [0.2, 0.25) is 0 Å². The summed E-state index contributed by atoms with van der Waals surface area (Å²) in [6.45, 7) is 0.584. The maximum atomic E-state index is 11.2. The second-order valence-corrected chi connectivity index (χ2v) is 9.28. The van der Waals surface area contributed by atoms with Crippen LogP contribution in [0.2, 0.25) is 0 Å². The van der Waals surface area contributed by atoms with Crippen LogP contribution in [0.3, 0.4) is 0 Å². The van der Waals surface area contributed by atoms with Crippen molar-refractivity contribution in [1.82, 2.24) is 9.55 Å². The Morgan fingerprint density at radius 2 is 1.97 bits per heavy atom. The van der Waals surface area contributed by atoms with E-state index in [0.29, 0.717) is 24.4 Å². The number of anilines is 1. The van der Waals surface area contributed by atoms with Crippen molar-refractivity contribution in [3.05, 3.63) is 59.4 Å². The maximum Gasteiger partial charge on any atom is 0.137 e. The molecule has 6 nitrogen and oxygen atoms in total. The van der Waals surface area contributed by atoms with Crippen LogP contribution in [0.25, 0.3) is 11.0 Å². The van der Waals surface area contributed by atoms with Gasteiger partial charge in [-0.1, -0.05) is 18.9 Å². The monoisotopic (exact) mass is 487 g/mol. The second-order valence-electron chi connectivity index (χ2n) is 8.72. The number of carbonyl (C=O) groups excluding carboxylic acids is 1. The van der Waals surface area contributed by atoms with Gasteiger partial charge in [-0.15, -0.1) is 24.0 Å². The van der Waals surface area contributed by atoms with Crippen LogP contribution < -0.4 is 11.1 Å². The molecule has 3 aromatic rings. The number of hydrogen-bond donors (Lipinski definition) is 3. The Morgan fingerprint density at radius 1 is 1.27 bits per heavy atom. The molecule has 1 heterocycles. The summed E-state index contributed by atoms with van der Waals surface area (Å²) in [5.74, 6) is 1.87. The number of halogens is 2. The van der Waals surface area contributed by atoms with E-state index in [0.717, 1.165) is 28.8 Å². The van der Waals surface area contributed by atoms with E-state index in [4.69, 9.17) is 27.7 Å². The Labute approximate surface area is 205 Å². The van der Waals surface area contributed by atoms with E-state index >= 15 is 0 Å². The van der Waals surface area contributed by atoms with Gasteiger partial charge in [-0.2, -0.15) is 0 Å². The molecule has 0 aliphatic heterocycles. The van der Waals surface area contributed by atoms with Crippen molar-refractivity contribution in [1.29, 1.82) is 5.41 Å². The molecular weight excluding hydrogens is 457 g/mol. The number of alkyl halides is 1. The summed E-state index contributed by atoms with van der Waals surface area (Å²) in [5.41, 5.74) is 10.5. The van der Waals surface area contributed by atoms with Crippen molar-refractivity contribution < 1.29 is 4.79 Å². The topological polar surface area (TPSA) is 96.8 Å². The Kier molecular flexibility index (Phi) is 8.38. The minimum absolute atomic E-state index is 0. The van der Waals surface area contributed by atoms with Gasteiger partial charge >= 0.3 is 0 Å². The van der Waals surface area contributed by atoms with Crippen LogP contribution in [0.15, 0.2) is 42.5 Å². The molecule has 2 aromatic carbocycles. The fourth-order valence-corrected chi connectivity index (χ4v) is 5.05. The molecule has 0 saturated heterocycles. The molecule has 1 saturated carbocycles. The summed E-state index contributed by atoms with van der Waals surface area (Å²) >= 11 is 6.25. The molecule has 1 aliphatic rings. The van der Waals surface area contributed by atoms with Gasteiger partial charge in [-0.3, -0.25) is 5.41 Å². The summed E-state index contributed by atoms with van der Waals surface area (Å²) in [4.78, 5) is 16.1. The normalized spacial score (nSPS) is 15.7. The number of aromatic nitrogens is 2. The Morgan fingerprint density at radius 3 is 2.61 bits per heavy atom. The lowest BCUT2D eigenvalue weighted by atomic mass is 9.81.